The molecule has 0 unspecified atom stereocenters. The van der Waals surface area contributed by atoms with E-state index in [0.717, 1.165) is 11.1 Å². The van der Waals surface area contributed by atoms with E-state index in [2.05, 4.69) is 5.11 Å². The second kappa shape index (κ2) is 4.27. The van der Waals surface area contributed by atoms with Crippen molar-refractivity contribution in [2.45, 2.75) is 12.5 Å². The van der Waals surface area contributed by atoms with Crippen molar-refractivity contribution in [3.8, 4) is 0 Å². The van der Waals surface area contributed by atoms with Gasteiger partial charge in [-0.3, -0.25) is 0 Å². The first-order chi connectivity index (χ1) is 7.77. The summed E-state index contributed by atoms with van der Waals surface area (Å²) in [5.41, 5.74) is 10.6. The Morgan fingerprint density at radius 1 is 0.812 bits per heavy atom. The van der Waals surface area contributed by atoms with Crippen LogP contribution in [0.4, 0.5) is 0 Å². The molecule has 0 atom stereocenters. The van der Waals surface area contributed by atoms with Gasteiger partial charge >= 0.3 is 0 Å². The van der Waals surface area contributed by atoms with E-state index < -0.39 is 5.54 Å². The lowest BCUT2D eigenvalue weighted by atomic mass is 9.86. The molecule has 0 spiro atoms. The number of rotatable bonds is 3. The van der Waals surface area contributed by atoms with E-state index in [1.54, 1.807) is 0 Å². The number of hydrogen-bond donors (Lipinski definition) is 0. The van der Waals surface area contributed by atoms with Gasteiger partial charge in [0, 0.05) is 0 Å². The summed E-state index contributed by atoms with van der Waals surface area (Å²) in [4.78, 5) is 0. The van der Waals surface area contributed by atoms with Crippen LogP contribution in [-0.4, -0.2) is 0 Å². The molecule has 2 heteroatoms. The molecule has 2 aromatic rings. The van der Waals surface area contributed by atoms with E-state index in [1.165, 1.54) is 0 Å². The summed E-state index contributed by atoms with van der Waals surface area (Å²) in [6, 6.07) is 19.5. The zero-order valence-electron chi connectivity index (χ0n) is 9.17. The topological polar surface area (TPSA) is 34.7 Å². The molecule has 2 rings (SSSR count). The maximum atomic E-state index is 9.32. The molecule has 0 N–H and O–H groups in total. The smallest absolute Gasteiger partial charge is 0.0855 e. The van der Waals surface area contributed by atoms with Crippen LogP contribution in [0.1, 0.15) is 18.1 Å². The lowest BCUT2D eigenvalue weighted by molar-refractivity contribution is 0.600. The Labute approximate surface area is 95.5 Å². The van der Waals surface area contributed by atoms with Crippen LogP contribution in [0.3, 0.4) is 0 Å². The molecule has 16 heavy (non-hydrogen) atoms. The fourth-order valence-corrected chi connectivity index (χ4v) is 1.81. The molecule has 0 radical (unpaired) electrons. The van der Waals surface area contributed by atoms with E-state index >= 15 is 0 Å². The minimum atomic E-state index is -0.692. The molecule has 0 aliphatic heterocycles. The number of nitrogens with zero attached hydrogens (tertiary/aromatic N) is 2. The Morgan fingerprint density at radius 3 is 1.50 bits per heavy atom. The molecule has 0 aromatic heterocycles. The van der Waals surface area contributed by atoms with Gasteiger partial charge in [-0.15, -0.1) is 0 Å². The molecular weight excluding hydrogens is 196 g/mol. The maximum absolute atomic E-state index is 9.32. The van der Waals surface area contributed by atoms with Crippen molar-refractivity contribution >= 4 is 0 Å². The van der Waals surface area contributed by atoms with Gasteiger partial charge in [-0.1, -0.05) is 60.7 Å². The monoisotopic (exact) mass is 209 g/mol. The molecule has 0 aliphatic carbocycles. The van der Waals surface area contributed by atoms with E-state index in [4.69, 9.17) is 0 Å². The number of hydrogen-bond acceptors (Lipinski definition) is 1. The molecule has 0 aliphatic rings. The third-order valence-electron chi connectivity index (χ3n) is 2.87. The quantitative estimate of drug-likeness (QED) is 0.685. The van der Waals surface area contributed by atoms with Crippen LogP contribution >= 0.6 is 0 Å². The van der Waals surface area contributed by atoms with Crippen LogP contribution in [0.25, 0.3) is 5.53 Å². The molecule has 80 valence electrons. The normalized spacial score (nSPS) is 11.1. The van der Waals surface area contributed by atoms with Gasteiger partial charge in [0.1, 0.15) is 0 Å². The van der Waals surface area contributed by atoms with Crippen LogP contribution in [-0.2, 0) is 5.54 Å². The van der Waals surface area contributed by atoms with E-state index in [-0.39, 0.29) is 0 Å². The highest BCUT2D eigenvalue weighted by molar-refractivity contribution is 5.37. The zero-order valence-corrected chi connectivity index (χ0v) is 9.17. The van der Waals surface area contributed by atoms with Gasteiger partial charge in [-0.2, -0.15) is 0 Å². The van der Waals surface area contributed by atoms with Gasteiger partial charge in [0.25, 0.3) is 0 Å². The predicted octanol–water partition coefficient (Wildman–Crippen LogP) is 3.97. The van der Waals surface area contributed by atoms with Gasteiger partial charge in [-0.05, 0) is 18.1 Å². The van der Waals surface area contributed by atoms with Crippen LogP contribution in [0, 0.1) is 0 Å². The summed E-state index contributed by atoms with van der Waals surface area (Å²) in [6.07, 6.45) is 0. The summed E-state index contributed by atoms with van der Waals surface area (Å²) in [7, 11) is 0. The first-order valence-electron chi connectivity index (χ1n) is 5.24. The second-order valence-electron chi connectivity index (χ2n) is 3.90. The van der Waals surface area contributed by atoms with Crippen molar-refractivity contribution in [2.75, 3.05) is 0 Å². The lowest BCUT2D eigenvalue weighted by Crippen LogP contribution is -2.19. The van der Waals surface area contributed by atoms with Crippen molar-refractivity contribution in [3.05, 3.63) is 77.3 Å². The minimum Gasteiger partial charge on any atom is -0.711 e. The Bertz CT molecular complexity index is 423. The van der Waals surface area contributed by atoms with Crippen molar-refractivity contribution in [1.82, 2.24) is 0 Å². The third-order valence-corrected chi connectivity index (χ3v) is 2.87. The summed E-state index contributed by atoms with van der Waals surface area (Å²) in [6.45, 7) is 1.90. The Hall–Kier alpha value is -1.96. The first-order valence-corrected chi connectivity index (χ1v) is 5.24. The Balaban J connectivity index is 2.53. The molecule has 0 fully saturated rings. The van der Waals surface area contributed by atoms with Crippen molar-refractivity contribution < 1.29 is 0 Å². The second-order valence-corrected chi connectivity index (χ2v) is 3.90. The van der Waals surface area contributed by atoms with Crippen LogP contribution in [0.15, 0.2) is 65.8 Å². The van der Waals surface area contributed by atoms with Crippen molar-refractivity contribution in [3.63, 3.8) is 0 Å². The Morgan fingerprint density at radius 2 is 1.19 bits per heavy atom. The predicted molar refractivity (Wildman–Crippen MR) is 65.1 cm³/mol. The summed E-state index contributed by atoms with van der Waals surface area (Å²) in [5, 5.41) is 3.56. The van der Waals surface area contributed by atoms with Crippen molar-refractivity contribution in [1.29, 1.82) is 0 Å². The zero-order chi connectivity index (χ0) is 11.4. The molecule has 2 aromatic carbocycles. The highest BCUT2D eigenvalue weighted by atomic mass is 15.0. The van der Waals surface area contributed by atoms with Gasteiger partial charge in [0.2, 0.25) is 0 Å². The third kappa shape index (κ3) is 1.74. The molecule has 0 heterocycles. The van der Waals surface area contributed by atoms with E-state index in [1.807, 2.05) is 67.6 Å². The lowest BCUT2D eigenvalue weighted by Gasteiger charge is -2.29. The first kappa shape index (κ1) is 10.6. The van der Waals surface area contributed by atoms with E-state index in [0.29, 0.717) is 0 Å². The van der Waals surface area contributed by atoms with E-state index in [9.17, 15) is 5.53 Å². The standard InChI is InChI=1S/C14H13N2/c1-14(16-15,12-8-4-2-5-9-12)13-10-6-3-7-11-13/h2-11H,1H3/q-1. The van der Waals surface area contributed by atoms with Crippen LogP contribution in [0.5, 0.6) is 0 Å². The Kier molecular flexibility index (Phi) is 2.82. The minimum absolute atomic E-state index is 0.692. The van der Waals surface area contributed by atoms with Gasteiger partial charge in [0.05, 0.1) is 5.54 Å². The molecule has 0 bridgehead atoms. The average Bonchev–Trinajstić information content (AvgIpc) is 2.40. The summed E-state index contributed by atoms with van der Waals surface area (Å²) < 4.78 is 0. The molecule has 0 saturated heterocycles. The molecule has 0 saturated carbocycles. The SMILES string of the molecule is CC(N=[N-])(c1ccccc1)c1ccccc1. The average molecular weight is 209 g/mol. The molecular formula is C14H13N2-. The van der Waals surface area contributed by atoms with Gasteiger partial charge in [-0.25, -0.2) is 0 Å². The molecule has 2 nitrogen and oxygen atoms in total. The summed E-state index contributed by atoms with van der Waals surface area (Å²) in [5.74, 6) is 0. The fourth-order valence-electron chi connectivity index (χ4n) is 1.81. The summed E-state index contributed by atoms with van der Waals surface area (Å²) >= 11 is 0. The maximum Gasteiger partial charge on any atom is 0.0855 e. The van der Waals surface area contributed by atoms with Crippen molar-refractivity contribution in [2.24, 2.45) is 5.11 Å². The highest BCUT2D eigenvalue weighted by Crippen LogP contribution is 2.32. The fraction of sp³-hybridized carbons (Fsp3) is 0.143. The van der Waals surface area contributed by atoms with Gasteiger partial charge in [0.15, 0.2) is 0 Å². The van der Waals surface area contributed by atoms with Crippen LogP contribution in [0.2, 0.25) is 0 Å². The molecule has 0 amide bonds. The van der Waals surface area contributed by atoms with Crippen LogP contribution < -0.4 is 0 Å². The van der Waals surface area contributed by atoms with Gasteiger partial charge < -0.3 is 10.6 Å². The largest absolute Gasteiger partial charge is 0.711 e. The highest BCUT2D eigenvalue weighted by Gasteiger charge is 2.24. The number of benzene rings is 2.